The van der Waals surface area contributed by atoms with Crippen LogP contribution in [0.1, 0.15) is 22.8 Å². The fraction of sp³-hybridized carbons (Fsp3) is 0.150. The minimum atomic E-state index is -3.85. The molecular formula is C20H19ClN2O3S. The summed E-state index contributed by atoms with van der Waals surface area (Å²) in [6, 6.07) is 11.0. The molecule has 0 bridgehead atoms. The standard InChI is InChI=1S/C20H19ClN2O3S/c1-14-5-8-16(9-6-14)27(25,26)23-18-10-7-15(21)13-17(18)19(24)20(2)11-3-4-12-22-20/h3-13,22-23H,1-2H3. The lowest BCUT2D eigenvalue weighted by Gasteiger charge is -2.28. The molecule has 0 saturated carbocycles. The molecule has 1 aliphatic rings. The van der Waals surface area contributed by atoms with E-state index >= 15 is 0 Å². The van der Waals surface area contributed by atoms with Gasteiger partial charge < -0.3 is 5.32 Å². The highest BCUT2D eigenvalue weighted by Crippen LogP contribution is 2.28. The molecule has 3 rings (SSSR count). The number of hydrogen-bond acceptors (Lipinski definition) is 4. The summed E-state index contributed by atoms with van der Waals surface area (Å²) >= 11 is 6.07. The molecule has 140 valence electrons. The first-order chi connectivity index (χ1) is 12.7. The van der Waals surface area contributed by atoms with Gasteiger partial charge in [-0.05, 0) is 56.5 Å². The number of dihydropyridines is 1. The van der Waals surface area contributed by atoms with Crippen molar-refractivity contribution in [3.63, 3.8) is 0 Å². The van der Waals surface area contributed by atoms with Crippen LogP contribution in [0, 0.1) is 6.92 Å². The van der Waals surface area contributed by atoms with E-state index in [1.807, 2.05) is 6.92 Å². The zero-order valence-electron chi connectivity index (χ0n) is 14.9. The first kappa shape index (κ1) is 19.2. The van der Waals surface area contributed by atoms with E-state index in [1.54, 1.807) is 43.5 Å². The number of anilines is 1. The van der Waals surface area contributed by atoms with Gasteiger partial charge >= 0.3 is 0 Å². The van der Waals surface area contributed by atoms with Crippen LogP contribution in [0.15, 0.2) is 71.8 Å². The summed E-state index contributed by atoms with van der Waals surface area (Å²) in [5, 5.41) is 3.35. The Labute approximate surface area is 163 Å². The molecular weight excluding hydrogens is 384 g/mol. The van der Waals surface area contributed by atoms with Gasteiger partial charge in [0.05, 0.1) is 10.6 Å². The van der Waals surface area contributed by atoms with Gasteiger partial charge in [-0.25, -0.2) is 8.42 Å². The second-order valence-electron chi connectivity index (χ2n) is 6.50. The number of carbonyl (C=O) groups is 1. The van der Waals surface area contributed by atoms with Crippen LogP contribution in [0.3, 0.4) is 0 Å². The molecule has 0 aliphatic carbocycles. The van der Waals surface area contributed by atoms with Crippen LogP contribution in [0.2, 0.25) is 5.02 Å². The van der Waals surface area contributed by atoms with E-state index in [9.17, 15) is 13.2 Å². The van der Waals surface area contributed by atoms with Gasteiger partial charge in [-0.15, -0.1) is 0 Å². The van der Waals surface area contributed by atoms with Gasteiger partial charge in [0, 0.05) is 10.6 Å². The van der Waals surface area contributed by atoms with Crippen molar-refractivity contribution >= 4 is 33.1 Å². The molecule has 2 N–H and O–H groups in total. The van der Waals surface area contributed by atoms with Crippen LogP contribution < -0.4 is 10.0 Å². The molecule has 0 amide bonds. The van der Waals surface area contributed by atoms with Crippen molar-refractivity contribution in [1.82, 2.24) is 5.32 Å². The number of allylic oxidation sites excluding steroid dienone is 2. The van der Waals surface area contributed by atoms with Crippen LogP contribution in [-0.4, -0.2) is 19.7 Å². The van der Waals surface area contributed by atoms with E-state index in [0.29, 0.717) is 5.02 Å². The number of hydrogen-bond donors (Lipinski definition) is 2. The van der Waals surface area contributed by atoms with Gasteiger partial charge in [0.1, 0.15) is 5.54 Å². The number of halogens is 1. The average Bonchev–Trinajstić information content (AvgIpc) is 2.63. The van der Waals surface area contributed by atoms with E-state index < -0.39 is 15.6 Å². The van der Waals surface area contributed by atoms with Gasteiger partial charge in [0.15, 0.2) is 5.78 Å². The third kappa shape index (κ3) is 4.07. The Bertz CT molecular complexity index is 1040. The quantitative estimate of drug-likeness (QED) is 0.739. The second kappa shape index (κ2) is 7.21. The van der Waals surface area contributed by atoms with Gasteiger partial charge in [0.25, 0.3) is 10.0 Å². The molecule has 0 fully saturated rings. The summed E-state index contributed by atoms with van der Waals surface area (Å²) in [6.45, 7) is 3.59. The van der Waals surface area contributed by atoms with E-state index in [2.05, 4.69) is 10.0 Å². The van der Waals surface area contributed by atoms with Crippen molar-refractivity contribution in [2.24, 2.45) is 0 Å². The van der Waals surface area contributed by atoms with Crippen molar-refractivity contribution in [3.05, 3.63) is 83.0 Å². The minimum Gasteiger partial charge on any atom is -0.376 e. The molecule has 7 heteroatoms. The Morgan fingerprint density at radius 1 is 1.11 bits per heavy atom. The summed E-state index contributed by atoms with van der Waals surface area (Å²) in [7, 11) is -3.85. The number of benzene rings is 2. The third-order valence-electron chi connectivity index (χ3n) is 4.29. The highest BCUT2D eigenvalue weighted by atomic mass is 35.5. The van der Waals surface area contributed by atoms with Gasteiger partial charge in [-0.2, -0.15) is 0 Å². The maximum atomic E-state index is 13.1. The molecule has 0 saturated heterocycles. The fourth-order valence-corrected chi connectivity index (χ4v) is 3.96. The van der Waals surface area contributed by atoms with Crippen LogP contribution >= 0.6 is 11.6 Å². The van der Waals surface area contributed by atoms with E-state index in [0.717, 1.165) is 5.56 Å². The molecule has 1 unspecified atom stereocenters. The van der Waals surface area contributed by atoms with E-state index in [1.165, 1.54) is 30.3 Å². The summed E-state index contributed by atoms with van der Waals surface area (Å²) in [5.74, 6) is -0.299. The Morgan fingerprint density at radius 3 is 2.44 bits per heavy atom. The highest BCUT2D eigenvalue weighted by molar-refractivity contribution is 7.92. The monoisotopic (exact) mass is 402 g/mol. The lowest BCUT2D eigenvalue weighted by Crippen LogP contribution is -2.46. The number of ketones is 1. The Hall–Kier alpha value is -2.57. The van der Waals surface area contributed by atoms with Crippen LogP contribution in [0.4, 0.5) is 5.69 Å². The number of nitrogens with one attached hydrogen (secondary N) is 2. The lowest BCUT2D eigenvalue weighted by atomic mass is 9.89. The summed E-state index contributed by atoms with van der Waals surface area (Å²) < 4.78 is 28.0. The van der Waals surface area contributed by atoms with E-state index in [-0.39, 0.29) is 21.9 Å². The SMILES string of the molecule is Cc1ccc(S(=O)(=O)Nc2ccc(Cl)cc2C(=O)C2(C)C=CC=CN2)cc1. The van der Waals surface area contributed by atoms with Crippen molar-refractivity contribution in [2.75, 3.05) is 4.72 Å². The van der Waals surface area contributed by atoms with Gasteiger partial charge in [0.2, 0.25) is 0 Å². The number of rotatable bonds is 5. The van der Waals surface area contributed by atoms with Crippen LogP contribution in [0.25, 0.3) is 0 Å². The van der Waals surface area contributed by atoms with Crippen LogP contribution in [0.5, 0.6) is 0 Å². The highest BCUT2D eigenvalue weighted by Gasteiger charge is 2.33. The summed E-state index contributed by atoms with van der Waals surface area (Å²) in [6.07, 6.45) is 6.91. The topological polar surface area (TPSA) is 75.3 Å². The van der Waals surface area contributed by atoms with Crippen molar-refractivity contribution < 1.29 is 13.2 Å². The fourth-order valence-electron chi connectivity index (χ4n) is 2.71. The second-order valence-corrected chi connectivity index (χ2v) is 8.62. The molecule has 1 atom stereocenters. The first-order valence-electron chi connectivity index (χ1n) is 8.27. The molecule has 0 spiro atoms. The zero-order chi connectivity index (χ0) is 19.7. The Balaban J connectivity index is 1.99. The molecule has 0 radical (unpaired) electrons. The van der Waals surface area contributed by atoms with Crippen molar-refractivity contribution in [1.29, 1.82) is 0 Å². The summed E-state index contributed by atoms with van der Waals surface area (Å²) in [4.78, 5) is 13.2. The number of sulfonamides is 1. The van der Waals surface area contributed by atoms with E-state index in [4.69, 9.17) is 11.6 Å². The van der Waals surface area contributed by atoms with Gasteiger partial charge in [-0.3, -0.25) is 9.52 Å². The predicted octanol–water partition coefficient (Wildman–Crippen LogP) is 4.06. The normalized spacial score (nSPS) is 18.8. The average molecular weight is 403 g/mol. The van der Waals surface area contributed by atoms with Crippen molar-refractivity contribution in [2.45, 2.75) is 24.3 Å². The minimum absolute atomic E-state index is 0.117. The molecule has 1 heterocycles. The third-order valence-corrected chi connectivity index (χ3v) is 5.91. The Kier molecular flexibility index (Phi) is 5.13. The first-order valence-corrected chi connectivity index (χ1v) is 10.1. The largest absolute Gasteiger partial charge is 0.376 e. The number of carbonyl (C=O) groups excluding carboxylic acids is 1. The Morgan fingerprint density at radius 2 is 1.81 bits per heavy atom. The maximum absolute atomic E-state index is 13.1. The number of Topliss-reactive ketones (excluding diaryl/α,β-unsaturated/α-hetero) is 1. The van der Waals surface area contributed by atoms with Crippen LogP contribution in [-0.2, 0) is 10.0 Å². The smallest absolute Gasteiger partial charge is 0.261 e. The molecule has 2 aromatic rings. The lowest BCUT2D eigenvalue weighted by molar-refractivity contribution is 0.0915. The summed E-state index contributed by atoms with van der Waals surface area (Å²) in [5.41, 5.74) is 0.320. The predicted molar refractivity (Wildman–Crippen MR) is 108 cm³/mol. The number of aryl methyl sites for hydroxylation is 1. The maximum Gasteiger partial charge on any atom is 0.261 e. The zero-order valence-corrected chi connectivity index (χ0v) is 16.4. The molecule has 27 heavy (non-hydrogen) atoms. The molecule has 2 aromatic carbocycles. The molecule has 0 aromatic heterocycles. The van der Waals surface area contributed by atoms with Crippen molar-refractivity contribution in [3.8, 4) is 0 Å². The molecule has 5 nitrogen and oxygen atoms in total. The van der Waals surface area contributed by atoms with Gasteiger partial charge in [-0.1, -0.05) is 41.4 Å². The molecule has 1 aliphatic heterocycles.